The van der Waals surface area contributed by atoms with Crippen molar-refractivity contribution in [1.82, 2.24) is 5.32 Å². The molecule has 0 bridgehead atoms. The molecule has 1 aromatic rings. The number of benzene rings is 1. The summed E-state index contributed by atoms with van der Waals surface area (Å²) in [4.78, 5) is 0. The Labute approximate surface area is 103 Å². The molecule has 3 N–H and O–H groups in total. The first kappa shape index (κ1) is 14.2. The Kier molecular flexibility index (Phi) is 5.62. The fraction of sp³-hybridized carbons (Fsp3) is 0.571. The van der Waals surface area contributed by atoms with Gasteiger partial charge in [-0.05, 0) is 18.9 Å². The summed E-state index contributed by atoms with van der Waals surface area (Å²) in [7, 11) is 0. The average Bonchev–Trinajstić information content (AvgIpc) is 2.37. The van der Waals surface area contributed by atoms with Gasteiger partial charge in [0, 0.05) is 5.54 Å². The van der Waals surface area contributed by atoms with Crippen molar-refractivity contribution in [3.05, 3.63) is 35.9 Å². The van der Waals surface area contributed by atoms with E-state index in [1.165, 1.54) is 0 Å². The molecule has 3 nitrogen and oxygen atoms in total. The standard InChI is InChI=1S/C14H23NO2/c1-3-9-14(2,11-17)15-13(10-16)12-7-5-4-6-8-12/h4-8,13,15-17H,3,9-11H2,1-2H3/t13-,14?/m0/s1. The molecule has 0 radical (unpaired) electrons. The van der Waals surface area contributed by atoms with Gasteiger partial charge in [-0.1, -0.05) is 43.7 Å². The van der Waals surface area contributed by atoms with Crippen LogP contribution in [0.3, 0.4) is 0 Å². The van der Waals surface area contributed by atoms with E-state index in [9.17, 15) is 10.2 Å². The van der Waals surface area contributed by atoms with E-state index in [-0.39, 0.29) is 24.8 Å². The first-order valence-electron chi connectivity index (χ1n) is 6.19. The maximum atomic E-state index is 9.46. The van der Waals surface area contributed by atoms with Gasteiger partial charge in [0.2, 0.25) is 0 Å². The predicted octanol–water partition coefficient (Wildman–Crippen LogP) is 1.86. The van der Waals surface area contributed by atoms with E-state index in [0.717, 1.165) is 18.4 Å². The highest BCUT2D eigenvalue weighted by molar-refractivity contribution is 5.19. The van der Waals surface area contributed by atoms with Crippen molar-refractivity contribution < 1.29 is 10.2 Å². The molecule has 17 heavy (non-hydrogen) atoms. The van der Waals surface area contributed by atoms with Crippen LogP contribution >= 0.6 is 0 Å². The average molecular weight is 237 g/mol. The minimum atomic E-state index is -0.335. The highest BCUT2D eigenvalue weighted by Gasteiger charge is 2.25. The first-order chi connectivity index (χ1) is 8.15. The van der Waals surface area contributed by atoms with Crippen LogP contribution in [0.1, 0.15) is 38.3 Å². The Morgan fingerprint density at radius 2 is 1.88 bits per heavy atom. The van der Waals surface area contributed by atoms with Crippen LogP contribution in [0.15, 0.2) is 30.3 Å². The number of hydrogen-bond acceptors (Lipinski definition) is 3. The van der Waals surface area contributed by atoms with Gasteiger partial charge in [-0.3, -0.25) is 0 Å². The highest BCUT2D eigenvalue weighted by Crippen LogP contribution is 2.19. The quantitative estimate of drug-likeness (QED) is 0.678. The zero-order valence-corrected chi connectivity index (χ0v) is 10.7. The van der Waals surface area contributed by atoms with E-state index in [1.54, 1.807) is 0 Å². The summed E-state index contributed by atoms with van der Waals surface area (Å²) in [6.07, 6.45) is 1.88. The van der Waals surface area contributed by atoms with Crippen LogP contribution in [0.5, 0.6) is 0 Å². The van der Waals surface area contributed by atoms with Crippen molar-refractivity contribution in [3.8, 4) is 0 Å². The lowest BCUT2D eigenvalue weighted by Crippen LogP contribution is -2.48. The number of rotatable bonds is 7. The van der Waals surface area contributed by atoms with Crippen molar-refractivity contribution >= 4 is 0 Å². The van der Waals surface area contributed by atoms with Gasteiger partial charge in [-0.15, -0.1) is 0 Å². The monoisotopic (exact) mass is 237 g/mol. The lowest BCUT2D eigenvalue weighted by Gasteiger charge is -2.33. The second kappa shape index (κ2) is 6.74. The third-order valence-electron chi connectivity index (χ3n) is 3.06. The van der Waals surface area contributed by atoms with Gasteiger partial charge in [0.05, 0.1) is 19.3 Å². The molecule has 1 unspecified atom stereocenters. The van der Waals surface area contributed by atoms with Crippen LogP contribution in [0.4, 0.5) is 0 Å². The SMILES string of the molecule is CCCC(C)(CO)N[C@@H](CO)c1ccccc1. The molecule has 0 aromatic heterocycles. The van der Waals surface area contributed by atoms with Gasteiger partial charge in [-0.2, -0.15) is 0 Å². The van der Waals surface area contributed by atoms with Crippen LogP contribution in [-0.2, 0) is 0 Å². The summed E-state index contributed by atoms with van der Waals surface area (Å²) in [5, 5.41) is 22.3. The van der Waals surface area contributed by atoms with Gasteiger partial charge in [0.1, 0.15) is 0 Å². The predicted molar refractivity (Wildman–Crippen MR) is 69.8 cm³/mol. The fourth-order valence-corrected chi connectivity index (χ4v) is 2.09. The van der Waals surface area contributed by atoms with Crippen molar-refractivity contribution in [2.75, 3.05) is 13.2 Å². The molecular weight excluding hydrogens is 214 g/mol. The fourth-order valence-electron chi connectivity index (χ4n) is 2.09. The molecule has 1 aromatic carbocycles. The number of aliphatic hydroxyl groups excluding tert-OH is 2. The zero-order chi connectivity index (χ0) is 12.7. The van der Waals surface area contributed by atoms with Crippen molar-refractivity contribution in [3.63, 3.8) is 0 Å². The summed E-state index contributed by atoms with van der Waals surface area (Å²) in [5.74, 6) is 0. The zero-order valence-electron chi connectivity index (χ0n) is 10.7. The Morgan fingerprint density at radius 1 is 1.24 bits per heavy atom. The smallest absolute Gasteiger partial charge is 0.0626 e. The van der Waals surface area contributed by atoms with Gasteiger partial charge >= 0.3 is 0 Å². The molecule has 0 aliphatic rings. The number of hydrogen-bond donors (Lipinski definition) is 3. The van der Waals surface area contributed by atoms with Gasteiger partial charge in [0.25, 0.3) is 0 Å². The minimum absolute atomic E-state index is 0.0311. The van der Waals surface area contributed by atoms with Crippen LogP contribution in [0.2, 0.25) is 0 Å². The summed E-state index contributed by atoms with van der Waals surface area (Å²) >= 11 is 0. The van der Waals surface area contributed by atoms with Gasteiger partial charge < -0.3 is 15.5 Å². The van der Waals surface area contributed by atoms with E-state index < -0.39 is 0 Å². The molecule has 0 amide bonds. The molecule has 2 atom stereocenters. The molecule has 3 heteroatoms. The van der Waals surface area contributed by atoms with Crippen molar-refractivity contribution in [1.29, 1.82) is 0 Å². The highest BCUT2D eigenvalue weighted by atomic mass is 16.3. The molecule has 0 saturated heterocycles. The van der Waals surface area contributed by atoms with Gasteiger partial charge in [0.15, 0.2) is 0 Å². The third-order valence-corrected chi connectivity index (χ3v) is 3.06. The largest absolute Gasteiger partial charge is 0.394 e. The Morgan fingerprint density at radius 3 is 2.35 bits per heavy atom. The van der Waals surface area contributed by atoms with Crippen LogP contribution < -0.4 is 5.32 Å². The molecule has 0 saturated carbocycles. The first-order valence-corrected chi connectivity index (χ1v) is 6.19. The molecule has 0 aliphatic heterocycles. The van der Waals surface area contributed by atoms with E-state index in [1.807, 2.05) is 37.3 Å². The Hall–Kier alpha value is -0.900. The number of nitrogens with one attached hydrogen (secondary N) is 1. The van der Waals surface area contributed by atoms with Crippen LogP contribution in [0.25, 0.3) is 0 Å². The van der Waals surface area contributed by atoms with Crippen molar-refractivity contribution in [2.24, 2.45) is 0 Å². The Bertz CT molecular complexity index is 315. The van der Waals surface area contributed by atoms with E-state index >= 15 is 0 Å². The number of aliphatic hydroxyl groups is 2. The van der Waals surface area contributed by atoms with Crippen molar-refractivity contribution in [2.45, 2.75) is 38.3 Å². The summed E-state index contributed by atoms with van der Waals surface area (Å²) < 4.78 is 0. The second-order valence-electron chi connectivity index (χ2n) is 4.76. The van der Waals surface area contributed by atoms with Crippen LogP contribution in [0, 0.1) is 0 Å². The maximum absolute atomic E-state index is 9.46. The second-order valence-corrected chi connectivity index (χ2v) is 4.76. The summed E-state index contributed by atoms with van der Waals surface area (Å²) in [5.41, 5.74) is 0.712. The summed E-state index contributed by atoms with van der Waals surface area (Å²) in [6.45, 7) is 4.18. The minimum Gasteiger partial charge on any atom is -0.394 e. The molecule has 0 heterocycles. The van der Waals surface area contributed by atoms with E-state index in [2.05, 4.69) is 12.2 Å². The molecule has 0 spiro atoms. The molecular formula is C14H23NO2. The van der Waals surface area contributed by atoms with E-state index in [4.69, 9.17) is 0 Å². The summed E-state index contributed by atoms with van der Waals surface area (Å²) in [6, 6.07) is 9.70. The lowest BCUT2D eigenvalue weighted by atomic mass is 9.94. The normalized spacial score (nSPS) is 16.5. The molecule has 1 rings (SSSR count). The molecule has 0 aliphatic carbocycles. The Balaban J connectivity index is 2.75. The van der Waals surface area contributed by atoms with E-state index in [0.29, 0.717) is 0 Å². The van der Waals surface area contributed by atoms with Gasteiger partial charge in [-0.25, -0.2) is 0 Å². The molecule has 96 valence electrons. The third kappa shape index (κ3) is 4.11. The van der Waals surface area contributed by atoms with Crippen LogP contribution in [-0.4, -0.2) is 29.0 Å². The molecule has 0 fully saturated rings. The maximum Gasteiger partial charge on any atom is 0.0626 e. The lowest BCUT2D eigenvalue weighted by molar-refractivity contribution is 0.130. The topological polar surface area (TPSA) is 52.5 Å².